The van der Waals surface area contributed by atoms with Crippen molar-refractivity contribution in [3.63, 3.8) is 0 Å². The Bertz CT molecular complexity index is 673. The van der Waals surface area contributed by atoms with E-state index in [1.807, 2.05) is 24.3 Å². The molecule has 2 heterocycles. The summed E-state index contributed by atoms with van der Waals surface area (Å²) in [5.74, 6) is 0.618. The van der Waals surface area contributed by atoms with E-state index in [0.29, 0.717) is 11.3 Å². The van der Waals surface area contributed by atoms with E-state index in [2.05, 4.69) is 15.2 Å². The molecule has 1 N–H and O–H groups in total. The molecule has 0 unspecified atom stereocenters. The molecule has 0 bridgehead atoms. The molecule has 0 saturated carbocycles. The molecule has 0 aliphatic carbocycles. The van der Waals surface area contributed by atoms with Gasteiger partial charge in [-0.1, -0.05) is 6.07 Å². The number of pyridine rings is 1. The van der Waals surface area contributed by atoms with Gasteiger partial charge >= 0.3 is 0 Å². The Kier molecular flexibility index (Phi) is 4.19. The molecule has 1 saturated heterocycles. The number of hydrogen-bond donors (Lipinski definition) is 1. The number of aromatic nitrogens is 1. The van der Waals surface area contributed by atoms with Gasteiger partial charge in [-0.15, -0.1) is 0 Å². The number of hydrogen-bond acceptors (Lipinski definition) is 4. The van der Waals surface area contributed by atoms with Crippen LogP contribution >= 0.6 is 0 Å². The van der Waals surface area contributed by atoms with E-state index in [1.165, 1.54) is 12.1 Å². The molecule has 0 amide bonds. The van der Waals surface area contributed by atoms with Gasteiger partial charge in [0.15, 0.2) is 0 Å². The van der Waals surface area contributed by atoms with Crippen LogP contribution < -0.4 is 10.2 Å². The van der Waals surface area contributed by atoms with Crippen molar-refractivity contribution < 1.29 is 4.39 Å². The molecule has 0 spiro atoms. The molecule has 1 fully saturated rings. The molecule has 0 radical (unpaired) electrons. The highest BCUT2D eigenvalue weighted by molar-refractivity contribution is 5.58. The van der Waals surface area contributed by atoms with Gasteiger partial charge in [-0.05, 0) is 43.2 Å². The quantitative estimate of drug-likeness (QED) is 0.945. The number of nitriles is 1. The van der Waals surface area contributed by atoms with Crippen molar-refractivity contribution in [1.29, 1.82) is 5.26 Å². The Labute approximate surface area is 129 Å². The predicted octanol–water partition coefficient (Wildman–Crippen LogP) is 3.17. The fourth-order valence-corrected chi connectivity index (χ4v) is 2.75. The second kappa shape index (κ2) is 6.44. The third kappa shape index (κ3) is 3.17. The molecule has 112 valence electrons. The molecule has 1 aromatic heterocycles. The molecular weight excluding hydrogens is 279 g/mol. The number of nitrogens with one attached hydrogen (secondary N) is 1. The zero-order chi connectivity index (χ0) is 15.4. The van der Waals surface area contributed by atoms with E-state index in [0.717, 1.165) is 31.7 Å². The third-order valence-corrected chi connectivity index (χ3v) is 3.93. The third-order valence-electron chi connectivity index (χ3n) is 3.93. The summed E-state index contributed by atoms with van der Waals surface area (Å²) in [7, 11) is 0. The van der Waals surface area contributed by atoms with Crippen molar-refractivity contribution in [2.45, 2.75) is 18.9 Å². The lowest BCUT2D eigenvalue weighted by Gasteiger charge is -2.33. The topological polar surface area (TPSA) is 52.0 Å². The summed E-state index contributed by atoms with van der Waals surface area (Å²) in [6, 6.07) is 12.5. The highest BCUT2D eigenvalue weighted by atomic mass is 19.1. The average Bonchev–Trinajstić information content (AvgIpc) is 2.58. The first kappa shape index (κ1) is 14.3. The number of anilines is 2. The van der Waals surface area contributed by atoms with Gasteiger partial charge in [0.2, 0.25) is 0 Å². The highest BCUT2D eigenvalue weighted by Gasteiger charge is 2.20. The van der Waals surface area contributed by atoms with Crippen LogP contribution in [0.5, 0.6) is 0 Å². The molecule has 1 aliphatic heterocycles. The normalized spacial score (nSPS) is 15.4. The van der Waals surface area contributed by atoms with Gasteiger partial charge in [-0.2, -0.15) is 5.26 Å². The van der Waals surface area contributed by atoms with Gasteiger partial charge in [0, 0.05) is 25.3 Å². The summed E-state index contributed by atoms with van der Waals surface area (Å²) >= 11 is 0. The van der Waals surface area contributed by atoms with E-state index < -0.39 is 0 Å². The molecule has 22 heavy (non-hydrogen) atoms. The smallest absolute Gasteiger partial charge is 0.128 e. The molecule has 4 nitrogen and oxygen atoms in total. The summed E-state index contributed by atoms with van der Waals surface area (Å²) in [4.78, 5) is 6.63. The van der Waals surface area contributed by atoms with Crippen molar-refractivity contribution in [2.75, 3.05) is 23.3 Å². The van der Waals surface area contributed by atoms with Crippen LogP contribution in [0, 0.1) is 17.1 Å². The maximum absolute atomic E-state index is 13.2. The Hall–Kier alpha value is -2.61. The minimum Gasteiger partial charge on any atom is -0.381 e. The maximum Gasteiger partial charge on any atom is 0.128 e. The lowest BCUT2D eigenvalue weighted by Crippen LogP contribution is -2.39. The standard InChI is InChI=1S/C17H17FN4/c18-14-4-5-16(13(11-14)12-19)21-15-6-9-22(10-7-15)17-3-1-2-8-20-17/h1-5,8,11,15,21H,6-7,9-10H2. The van der Waals surface area contributed by atoms with Crippen LogP contribution in [0.4, 0.5) is 15.9 Å². The van der Waals surface area contributed by atoms with Gasteiger partial charge < -0.3 is 10.2 Å². The van der Waals surface area contributed by atoms with Crippen LogP contribution in [0.3, 0.4) is 0 Å². The summed E-state index contributed by atoms with van der Waals surface area (Å²) in [5, 5.41) is 12.5. The van der Waals surface area contributed by atoms with E-state index >= 15 is 0 Å². The predicted molar refractivity (Wildman–Crippen MR) is 84.2 cm³/mol. The van der Waals surface area contributed by atoms with Crippen LogP contribution in [0.2, 0.25) is 0 Å². The first-order valence-electron chi connectivity index (χ1n) is 7.38. The summed E-state index contributed by atoms with van der Waals surface area (Å²) < 4.78 is 13.2. The molecule has 1 aromatic carbocycles. The highest BCUT2D eigenvalue weighted by Crippen LogP contribution is 2.22. The van der Waals surface area contributed by atoms with Crippen molar-refractivity contribution in [2.24, 2.45) is 0 Å². The molecule has 3 rings (SSSR count). The lowest BCUT2D eigenvalue weighted by molar-refractivity contribution is 0.523. The second-order valence-corrected chi connectivity index (χ2v) is 5.40. The van der Waals surface area contributed by atoms with Gasteiger partial charge in [-0.25, -0.2) is 9.37 Å². The van der Waals surface area contributed by atoms with E-state index in [4.69, 9.17) is 5.26 Å². The van der Waals surface area contributed by atoms with E-state index in [-0.39, 0.29) is 11.9 Å². The van der Waals surface area contributed by atoms with Crippen LogP contribution in [0.1, 0.15) is 18.4 Å². The first-order valence-corrected chi connectivity index (χ1v) is 7.38. The number of halogens is 1. The summed E-state index contributed by atoms with van der Waals surface area (Å²) in [6.45, 7) is 1.83. The Balaban J connectivity index is 1.62. The number of nitrogens with zero attached hydrogens (tertiary/aromatic N) is 3. The maximum atomic E-state index is 13.2. The van der Waals surface area contributed by atoms with Crippen molar-refractivity contribution in [1.82, 2.24) is 4.98 Å². The Morgan fingerprint density at radius 1 is 1.23 bits per heavy atom. The molecule has 1 aliphatic rings. The largest absolute Gasteiger partial charge is 0.381 e. The van der Waals surface area contributed by atoms with E-state index in [9.17, 15) is 4.39 Å². The molecule has 2 aromatic rings. The van der Waals surface area contributed by atoms with Crippen LogP contribution in [0.15, 0.2) is 42.6 Å². The fourth-order valence-electron chi connectivity index (χ4n) is 2.75. The monoisotopic (exact) mass is 296 g/mol. The van der Waals surface area contributed by atoms with Gasteiger partial charge in [-0.3, -0.25) is 0 Å². The summed E-state index contributed by atoms with van der Waals surface area (Å²) in [6.07, 6.45) is 3.72. The van der Waals surface area contributed by atoms with Gasteiger partial charge in [0.25, 0.3) is 0 Å². The first-order chi connectivity index (χ1) is 10.8. The zero-order valence-electron chi connectivity index (χ0n) is 12.2. The van der Waals surface area contributed by atoms with Crippen molar-refractivity contribution >= 4 is 11.5 Å². The van der Waals surface area contributed by atoms with Crippen LogP contribution in [-0.4, -0.2) is 24.1 Å². The number of rotatable bonds is 3. The number of piperidine rings is 1. The Morgan fingerprint density at radius 2 is 2.05 bits per heavy atom. The molecule has 0 atom stereocenters. The molecule has 5 heteroatoms. The van der Waals surface area contributed by atoms with Crippen molar-refractivity contribution in [3.8, 4) is 6.07 Å². The zero-order valence-corrected chi connectivity index (χ0v) is 12.2. The lowest BCUT2D eigenvalue weighted by atomic mass is 10.0. The fraction of sp³-hybridized carbons (Fsp3) is 0.294. The Morgan fingerprint density at radius 3 is 2.73 bits per heavy atom. The minimum atomic E-state index is -0.382. The van der Waals surface area contributed by atoms with Crippen LogP contribution in [-0.2, 0) is 0 Å². The minimum absolute atomic E-state index is 0.289. The number of benzene rings is 1. The second-order valence-electron chi connectivity index (χ2n) is 5.40. The van der Waals surface area contributed by atoms with E-state index in [1.54, 1.807) is 12.3 Å². The molecular formula is C17H17FN4. The van der Waals surface area contributed by atoms with Crippen LogP contribution in [0.25, 0.3) is 0 Å². The van der Waals surface area contributed by atoms with Gasteiger partial charge in [0.1, 0.15) is 17.7 Å². The van der Waals surface area contributed by atoms with Crippen molar-refractivity contribution in [3.05, 3.63) is 54.0 Å². The van der Waals surface area contributed by atoms with Gasteiger partial charge in [0.05, 0.1) is 11.3 Å². The SMILES string of the molecule is N#Cc1cc(F)ccc1NC1CCN(c2ccccn2)CC1. The average molecular weight is 296 g/mol. The summed E-state index contributed by atoms with van der Waals surface area (Å²) in [5.41, 5.74) is 1.06.